The fraction of sp³-hybridized carbons (Fsp3) is 0.600. The van der Waals surface area contributed by atoms with E-state index in [1.807, 2.05) is 26.8 Å². The highest BCUT2D eigenvalue weighted by Crippen LogP contribution is 2.50. The summed E-state index contributed by atoms with van der Waals surface area (Å²) in [6.07, 6.45) is 0.657. The van der Waals surface area contributed by atoms with E-state index >= 15 is 0 Å². The maximum Gasteiger partial charge on any atom is 0.334 e. The molecular formula is C15H25O5P. The van der Waals surface area contributed by atoms with E-state index in [0.29, 0.717) is 12.0 Å². The first-order valence-electron chi connectivity index (χ1n) is 6.83. The molecule has 0 fully saturated rings. The molecule has 0 heterocycles. The van der Waals surface area contributed by atoms with E-state index in [1.54, 1.807) is 6.07 Å². The highest BCUT2D eigenvalue weighted by atomic mass is 31.2. The first-order valence-corrected chi connectivity index (χ1v) is 8.56. The van der Waals surface area contributed by atoms with Gasteiger partial charge in [-0.2, -0.15) is 0 Å². The molecular weight excluding hydrogens is 291 g/mol. The van der Waals surface area contributed by atoms with Crippen LogP contribution in [0.3, 0.4) is 0 Å². The Labute approximate surface area is 126 Å². The molecule has 0 radical (unpaired) electrons. The van der Waals surface area contributed by atoms with Crippen LogP contribution in [-0.2, 0) is 25.2 Å². The average molecular weight is 316 g/mol. The number of phenolic OH excluding ortho intramolecular Hbond substituents is 1. The van der Waals surface area contributed by atoms with Gasteiger partial charge in [0.1, 0.15) is 5.75 Å². The molecule has 0 atom stereocenters. The van der Waals surface area contributed by atoms with Crippen molar-refractivity contribution in [1.82, 2.24) is 0 Å². The third-order valence-electron chi connectivity index (χ3n) is 3.72. The lowest BCUT2D eigenvalue weighted by Gasteiger charge is -2.28. The zero-order valence-electron chi connectivity index (χ0n) is 13.3. The van der Waals surface area contributed by atoms with Crippen molar-refractivity contribution in [3.05, 3.63) is 28.8 Å². The number of aliphatic hydroxyl groups excluding tert-OH is 1. The van der Waals surface area contributed by atoms with E-state index in [2.05, 4.69) is 0 Å². The van der Waals surface area contributed by atoms with Gasteiger partial charge in [0.25, 0.3) is 0 Å². The summed E-state index contributed by atoms with van der Waals surface area (Å²) in [5, 5.41) is 19.5. The maximum atomic E-state index is 12.2. The Morgan fingerprint density at radius 1 is 1.24 bits per heavy atom. The summed E-state index contributed by atoms with van der Waals surface area (Å²) in [5.74, 6) is 0.141. The van der Waals surface area contributed by atoms with Crippen molar-refractivity contribution in [3.8, 4) is 5.75 Å². The van der Waals surface area contributed by atoms with Crippen LogP contribution in [0.2, 0.25) is 0 Å². The number of phenols is 1. The molecule has 6 heteroatoms. The van der Waals surface area contributed by atoms with Gasteiger partial charge in [-0.3, -0.25) is 4.57 Å². The lowest BCUT2D eigenvalue weighted by atomic mass is 9.78. The first-order chi connectivity index (χ1) is 9.69. The molecule has 5 nitrogen and oxygen atoms in total. The van der Waals surface area contributed by atoms with Gasteiger partial charge in [0.15, 0.2) is 0 Å². The van der Waals surface area contributed by atoms with Gasteiger partial charge in [0.2, 0.25) is 0 Å². The van der Waals surface area contributed by atoms with Gasteiger partial charge in [0, 0.05) is 26.4 Å². The van der Waals surface area contributed by atoms with Gasteiger partial charge in [-0.1, -0.05) is 19.9 Å². The molecule has 0 saturated carbocycles. The molecule has 0 aliphatic heterocycles. The average Bonchev–Trinajstić information content (AvgIpc) is 2.37. The zero-order chi connectivity index (χ0) is 16.3. The Kier molecular flexibility index (Phi) is 6.00. The van der Waals surface area contributed by atoms with Crippen molar-refractivity contribution in [2.75, 3.05) is 20.8 Å². The Balaban J connectivity index is 3.20. The summed E-state index contributed by atoms with van der Waals surface area (Å²) < 4.78 is 22.0. The van der Waals surface area contributed by atoms with E-state index in [-0.39, 0.29) is 23.9 Å². The van der Waals surface area contributed by atoms with Crippen LogP contribution < -0.4 is 0 Å². The minimum absolute atomic E-state index is 0.0518. The van der Waals surface area contributed by atoms with E-state index in [4.69, 9.17) is 14.2 Å². The number of aromatic hydroxyl groups is 1. The molecule has 120 valence electrons. The molecule has 0 aliphatic rings. The largest absolute Gasteiger partial charge is 0.508 e. The van der Waals surface area contributed by atoms with Crippen LogP contribution >= 0.6 is 7.60 Å². The summed E-state index contributed by atoms with van der Waals surface area (Å²) in [7, 11) is -0.476. The highest BCUT2D eigenvalue weighted by Gasteiger charge is 2.28. The van der Waals surface area contributed by atoms with E-state index in [9.17, 15) is 9.67 Å². The molecule has 1 aromatic carbocycles. The van der Waals surface area contributed by atoms with E-state index in [0.717, 1.165) is 11.1 Å². The van der Waals surface area contributed by atoms with Crippen LogP contribution in [0.1, 0.15) is 37.0 Å². The summed E-state index contributed by atoms with van der Waals surface area (Å²) >= 11 is 0. The summed E-state index contributed by atoms with van der Waals surface area (Å²) in [6, 6.07) is 3.46. The van der Waals surface area contributed by atoms with E-state index < -0.39 is 7.60 Å². The number of benzene rings is 1. The standard InChI is InChI=1S/C15H25O5P/c1-11-8-12(10-21(18,19-4)20-5)9-13(17)14(11)15(2,3)6-7-16/h8-9,16-17H,6-7,10H2,1-5H3. The molecule has 1 rings (SSSR count). The first kappa shape index (κ1) is 18.2. The number of hydrogen-bond acceptors (Lipinski definition) is 5. The Morgan fingerprint density at radius 2 is 1.81 bits per heavy atom. The monoisotopic (exact) mass is 316 g/mol. The Hall–Kier alpha value is -0.870. The predicted octanol–water partition coefficient (Wildman–Crippen LogP) is 3.35. The number of rotatable bonds is 7. The maximum absolute atomic E-state index is 12.2. The normalized spacial score (nSPS) is 12.7. The second kappa shape index (κ2) is 6.93. The third kappa shape index (κ3) is 4.30. The fourth-order valence-electron chi connectivity index (χ4n) is 2.65. The lowest BCUT2D eigenvalue weighted by molar-refractivity contribution is 0.250. The van der Waals surface area contributed by atoms with Gasteiger partial charge in [-0.05, 0) is 36.0 Å². The second-order valence-corrected chi connectivity index (χ2v) is 8.07. The summed E-state index contributed by atoms with van der Waals surface area (Å²) in [5.41, 5.74) is 2.04. The minimum atomic E-state index is -3.16. The number of aryl methyl sites for hydroxylation is 1. The smallest absolute Gasteiger partial charge is 0.334 e. The van der Waals surface area contributed by atoms with Gasteiger partial charge in [-0.25, -0.2) is 0 Å². The molecule has 0 aliphatic carbocycles. The minimum Gasteiger partial charge on any atom is -0.508 e. The van der Waals surface area contributed by atoms with Crippen molar-refractivity contribution in [2.45, 2.75) is 38.8 Å². The van der Waals surface area contributed by atoms with Crippen LogP contribution in [-0.4, -0.2) is 31.0 Å². The molecule has 21 heavy (non-hydrogen) atoms. The molecule has 1 aromatic rings. The fourth-order valence-corrected chi connectivity index (χ4v) is 3.68. The molecule has 0 bridgehead atoms. The lowest BCUT2D eigenvalue weighted by Crippen LogP contribution is -2.20. The van der Waals surface area contributed by atoms with Crippen molar-refractivity contribution >= 4 is 7.60 Å². The SMILES string of the molecule is COP(=O)(Cc1cc(C)c(C(C)(C)CCO)c(O)c1)OC. The number of hydrogen-bond donors (Lipinski definition) is 2. The van der Waals surface area contributed by atoms with Gasteiger partial charge < -0.3 is 19.3 Å². The van der Waals surface area contributed by atoms with Crippen molar-refractivity contribution in [3.63, 3.8) is 0 Å². The number of aliphatic hydroxyl groups is 1. The van der Waals surface area contributed by atoms with Crippen molar-refractivity contribution in [2.24, 2.45) is 0 Å². The van der Waals surface area contributed by atoms with Gasteiger partial charge in [-0.15, -0.1) is 0 Å². The second-order valence-electron chi connectivity index (χ2n) is 5.80. The Morgan fingerprint density at radius 3 is 2.24 bits per heavy atom. The Bertz CT molecular complexity index is 508. The van der Waals surface area contributed by atoms with Crippen molar-refractivity contribution in [1.29, 1.82) is 0 Å². The van der Waals surface area contributed by atoms with Crippen LogP contribution in [0, 0.1) is 6.92 Å². The molecule has 0 saturated heterocycles. The molecule has 0 unspecified atom stereocenters. The third-order valence-corrected chi connectivity index (χ3v) is 5.59. The van der Waals surface area contributed by atoms with Crippen LogP contribution in [0.5, 0.6) is 5.75 Å². The van der Waals surface area contributed by atoms with Gasteiger partial charge >= 0.3 is 7.60 Å². The predicted molar refractivity (Wildman–Crippen MR) is 82.9 cm³/mol. The van der Waals surface area contributed by atoms with E-state index in [1.165, 1.54) is 14.2 Å². The molecule has 0 aromatic heterocycles. The molecule has 0 spiro atoms. The highest BCUT2D eigenvalue weighted by molar-refractivity contribution is 7.52. The zero-order valence-corrected chi connectivity index (χ0v) is 14.2. The summed E-state index contributed by atoms with van der Waals surface area (Å²) in [6.45, 7) is 5.89. The van der Waals surface area contributed by atoms with Crippen LogP contribution in [0.4, 0.5) is 0 Å². The van der Waals surface area contributed by atoms with Gasteiger partial charge in [0.05, 0.1) is 6.16 Å². The summed E-state index contributed by atoms with van der Waals surface area (Å²) in [4.78, 5) is 0. The van der Waals surface area contributed by atoms with Crippen LogP contribution in [0.15, 0.2) is 12.1 Å². The topological polar surface area (TPSA) is 76.0 Å². The van der Waals surface area contributed by atoms with Crippen LogP contribution in [0.25, 0.3) is 0 Å². The van der Waals surface area contributed by atoms with Crippen molar-refractivity contribution < 1.29 is 23.8 Å². The molecule has 2 N–H and O–H groups in total. The quantitative estimate of drug-likeness (QED) is 0.755. The molecule has 0 amide bonds.